The van der Waals surface area contributed by atoms with Crippen LogP contribution in [0.1, 0.15) is 60.4 Å². The maximum absolute atomic E-state index is 13.7. The zero-order chi connectivity index (χ0) is 25.9. The zero-order valence-corrected chi connectivity index (χ0v) is 20.8. The summed E-state index contributed by atoms with van der Waals surface area (Å²) in [6, 6.07) is 20.0. The Bertz CT molecular complexity index is 1330. The average molecular weight is 500 g/mol. The Hall–Kier alpha value is -3.93. The van der Waals surface area contributed by atoms with E-state index >= 15 is 0 Å². The molecule has 1 saturated heterocycles. The molecular formula is C31H30FNO4. The van der Waals surface area contributed by atoms with E-state index in [4.69, 9.17) is 4.74 Å². The van der Waals surface area contributed by atoms with Gasteiger partial charge in [-0.2, -0.15) is 0 Å². The average Bonchev–Trinajstić information content (AvgIpc) is 3.19. The number of ether oxygens (including phenoxy) is 1. The molecule has 1 atom stereocenters. The first-order chi connectivity index (χ1) is 17.9. The molecule has 0 spiro atoms. The smallest absolute Gasteiger partial charge is 0.295 e. The van der Waals surface area contributed by atoms with E-state index in [9.17, 15) is 19.1 Å². The SMILES string of the molecule is Cc1cc(/C(O)=C2/C(=O)C(=O)N(C3CCCCC3)C2c2ccc(F)cc2)ccc1OCc1ccccc1. The van der Waals surface area contributed by atoms with Crippen molar-refractivity contribution in [3.05, 3.63) is 106 Å². The second-order valence-corrected chi connectivity index (χ2v) is 9.80. The van der Waals surface area contributed by atoms with Crippen molar-refractivity contribution in [2.75, 3.05) is 0 Å². The third-order valence-electron chi connectivity index (χ3n) is 7.32. The van der Waals surface area contributed by atoms with E-state index in [0.717, 1.165) is 43.2 Å². The number of carbonyl (C=O) groups excluding carboxylic acids is 2. The number of amides is 1. The van der Waals surface area contributed by atoms with Gasteiger partial charge in [0.05, 0.1) is 11.6 Å². The summed E-state index contributed by atoms with van der Waals surface area (Å²) in [5.41, 5.74) is 2.90. The fraction of sp³-hybridized carbons (Fsp3) is 0.290. The van der Waals surface area contributed by atoms with E-state index < -0.39 is 23.5 Å². The number of carbonyl (C=O) groups is 2. The van der Waals surface area contributed by atoms with Gasteiger partial charge in [0.1, 0.15) is 23.9 Å². The number of aryl methyl sites for hydroxylation is 1. The van der Waals surface area contributed by atoms with Crippen LogP contribution in [0.25, 0.3) is 5.76 Å². The molecule has 3 aromatic rings. The molecule has 3 aromatic carbocycles. The lowest BCUT2D eigenvalue weighted by atomic mass is 9.91. The first-order valence-corrected chi connectivity index (χ1v) is 12.8. The van der Waals surface area contributed by atoms with Crippen LogP contribution in [0.3, 0.4) is 0 Å². The Morgan fingerprint density at radius 3 is 2.35 bits per heavy atom. The van der Waals surface area contributed by atoms with Crippen LogP contribution in [0.4, 0.5) is 4.39 Å². The molecule has 1 saturated carbocycles. The van der Waals surface area contributed by atoms with Gasteiger partial charge in [0, 0.05) is 11.6 Å². The number of hydrogen-bond acceptors (Lipinski definition) is 4. The van der Waals surface area contributed by atoms with Gasteiger partial charge in [-0.05, 0) is 66.8 Å². The van der Waals surface area contributed by atoms with Crippen LogP contribution in [0, 0.1) is 12.7 Å². The first kappa shape index (κ1) is 24.8. The summed E-state index contributed by atoms with van der Waals surface area (Å²) < 4.78 is 19.7. The van der Waals surface area contributed by atoms with E-state index in [-0.39, 0.29) is 17.4 Å². The minimum absolute atomic E-state index is 0.0412. The molecule has 1 heterocycles. The largest absolute Gasteiger partial charge is 0.507 e. The number of nitrogens with zero attached hydrogens (tertiary/aromatic N) is 1. The molecule has 1 aliphatic heterocycles. The zero-order valence-electron chi connectivity index (χ0n) is 20.8. The third kappa shape index (κ3) is 5.01. The van der Waals surface area contributed by atoms with E-state index in [1.165, 1.54) is 12.1 Å². The number of Topliss-reactive ketones (excluding diaryl/α,β-unsaturated/α-hetero) is 1. The molecule has 0 radical (unpaired) electrons. The highest BCUT2D eigenvalue weighted by Crippen LogP contribution is 2.43. The van der Waals surface area contributed by atoms with Crippen molar-refractivity contribution in [1.29, 1.82) is 0 Å². The number of aliphatic hydroxyl groups is 1. The first-order valence-electron chi connectivity index (χ1n) is 12.8. The summed E-state index contributed by atoms with van der Waals surface area (Å²) in [5.74, 6) is -1.29. The van der Waals surface area contributed by atoms with Crippen LogP contribution in [0.2, 0.25) is 0 Å². The molecule has 1 unspecified atom stereocenters. The Morgan fingerprint density at radius 1 is 0.973 bits per heavy atom. The van der Waals surface area contributed by atoms with Gasteiger partial charge in [-0.25, -0.2) is 4.39 Å². The summed E-state index contributed by atoms with van der Waals surface area (Å²) in [4.78, 5) is 28.2. The Labute approximate surface area is 216 Å². The van der Waals surface area contributed by atoms with Crippen LogP contribution >= 0.6 is 0 Å². The molecule has 1 N–H and O–H groups in total. The number of halogens is 1. The van der Waals surface area contributed by atoms with Crippen LogP contribution < -0.4 is 4.74 Å². The highest BCUT2D eigenvalue weighted by atomic mass is 19.1. The van der Waals surface area contributed by atoms with E-state index in [1.807, 2.05) is 37.3 Å². The minimum atomic E-state index is -0.766. The summed E-state index contributed by atoms with van der Waals surface area (Å²) in [6.45, 7) is 2.28. The van der Waals surface area contributed by atoms with Gasteiger partial charge in [0.25, 0.3) is 11.7 Å². The number of ketones is 1. The van der Waals surface area contributed by atoms with Gasteiger partial charge in [-0.3, -0.25) is 9.59 Å². The van der Waals surface area contributed by atoms with Crippen molar-refractivity contribution in [3.63, 3.8) is 0 Å². The second kappa shape index (κ2) is 10.6. The summed E-state index contributed by atoms with van der Waals surface area (Å²) in [5, 5.41) is 11.4. The van der Waals surface area contributed by atoms with Crippen LogP contribution in [0.15, 0.2) is 78.4 Å². The summed E-state index contributed by atoms with van der Waals surface area (Å²) in [7, 11) is 0. The molecule has 5 rings (SSSR count). The molecule has 5 nitrogen and oxygen atoms in total. The lowest BCUT2D eigenvalue weighted by Gasteiger charge is -2.35. The van der Waals surface area contributed by atoms with Gasteiger partial charge < -0.3 is 14.7 Å². The van der Waals surface area contributed by atoms with Crippen molar-refractivity contribution in [2.24, 2.45) is 0 Å². The van der Waals surface area contributed by atoms with E-state index in [2.05, 4.69) is 0 Å². The van der Waals surface area contributed by atoms with Gasteiger partial charge in [-0.15, -0.1) is 0 Å². The minimum Gasteiger partial charge on any atom is -0.507 e. The fourth-order valence-corrected chi connectivity index (χ4v) is 5.41. The van der Waals surface area contributed by atoms with Gasteiger partial charge in [-0.1, -0.05) is 61.7 Å². The van der Waals surface area contributed by atoms with E-state index in [0.29, 0.717) is 23.5 Å². The standard InChI is InChI=1S/C31H30FNO4/c1-20-18-23(14-17-26(20)37-19-21-8-4-2-5-9-21)29(34)27-28(22-12-15-24(32)16-13-22)33(31(36)30(27)35)25-10-6-3-7-11-25/h2,4-5,8-9,12-18,25,28,34H,3,6-7,10-11,19H2,1H3/b29-27-. The third-order valence-corrected chi connectivity index (χ3v) is 7.32. The van der Waals surface area contributed by atoms with Crippen LogP contribution in [-0.2, 0) is 16.2 Å². The molecule has 190 valence electrons. The molecule has 2 aliphatic rings. The number of hydrogen-bond donors (Lipinski definition) is 1. The van der Waals surface area contributed by atoms with E-state index in [1.54, 1.807) is 35.2 Å². The number of benzene rings is 3. The van der Waals surface area contributed by atoms with Gasteiger partial charge in [0.2, 0.25) is 0 Å². The highest BCUT2D eigenvalue weighted by molar-refractivity contribution is 6.46. The Kier molecular flexibility index (Phi) is 7.08. The predicted molar refractivity (Wildman–Crippen MR) is 139 cm³/mol. The van der Waals surface area contributed by atoms with Crippen molar-refractivity contribution in [2.45, 2.75) is 57.7 Å². The highest BCUT2D eigenvalue weighted by Gasteiger charge is 2.48. The Balaban J connectivity index is 1.51. The van der Waals surface area contributed by atoms with Crippen LogP contribution in [-0.4, -0.2) is 27.7 Å². The molecular weight excluding hydrogens is 469 g/mol. The number of rotatable bonds is 6. The molecule has 1 aliphatic carbocycles. The predicted octanol–water partition coefficient (Wildman–Crippen LogP) is 6.47. The maximum atomic E-state index is 13.7. The molecule has 0 aromatic heterocycles. The normalized spacial score (nSPS) is 19.8. The molecule has 1 amide bonds. The van der Waals surface area contributed by atoms with Crippen LogP contribution in [0.5, 0.6) is 5.75 Å². The molecule has 2 fully saturated rings. The second-order valence-electron chi connectivity index (χ2n) is 9.80. The van der Waals surface area contributed by atoms with Crippen molar-refractivity contribution < 1.29 is 23.8 Å². The molecule has 6 heteroatoms. The molecule has 37 heavy (non-hydrogen) atoms. The fourth-order valence-electron chi connectivity index (χ4n) is 5.41. The number of likely N-dealkylation sites (tertiary alicyclic amines) is 1. The Morgan fingerprint density at radius 2 is 1.68 bits per heavy atom. The summed E-state index contributed by atoms with van der Waals surface area (Å²) >= 11 is 0. The summed E-state index contributed by atoms with van der Waals surface area (Å²) in [6.07, 6.45) is 4.66. The maximum Gasteiger partial charge on any atom is 0.295 e. The van der Waals surface area contributed by atoms with Crippen molar-refractivity contribution in [3.8, 4) is 5.75 Å². The molecule has 0 bridgehead atoms. The topological polar surface area (TPSA) is 66.8 Å². The lowest BCUT2D eigenvalue weighted by molar-refractivity contribution is -0.141. The lowest BCUT2D eigenvalue weighted by Crippen LogP contribution is -2.40. The van der Waals surface area contributed by atoms with Crippen molar-refractivity contribution >= 4 is 17.4 Å². The van der Waals surface area contributed by atoms with Gasteiger partial charge >= 0.3 is 0 Å². The quantitative estimate of drug-likeness (QED) is 0.240. The van der Waals surface area contributed by atoms with Crippen molar-refractivity contribution in [1.82, 2.24) is 4.90 Å². The number of aliphatic hydroxyl groups excluding tert-OH is 1. The monoisotopic (exact) mass is 499 g/mol. The van der Waals surface area contributed by atoms with Gasteiger partial charge in [0.15, 0.2) is 0 Å².